The highest BCUT2D eigenvalue weighted by atomic mass is 19.1. The molecule has 28 heavy (non-hydrogen) atoms. The summed E-state index contributed by atoms with van der Waals surface area (Å²) in [5.41, 5.74) is 0.583. The maximum Gasteiger partial charge on any atom is 0.232 e. The fourth-order valence-corrected chi connectivity index (χ4v) is 3.35. The fraction of sp³-hybridized carbons (Fsp3) is 0.211. The number of fused-ring (bicyclic) bond motifs is 1. The van der Waals surface area contributed by atoms with Gasteiger partial charge in [0.1, 0.15) is 11.6 Å². The Kier molecular flexibility index (Phi) is 3.75. The minimum Gasteiger partial charge on any atom is -0.454 e. The molecule has 0 bridgehead atoms. The van der Waals surface area contributed by atoms with Crippen molar-refractivity contribution in [1.29, 1.82) is 0 Å². The number of rotatable bonds is 3. The first-order valence-corrected chi connectivity index (χ1v) is 8.57. The molecule has 1 atom stereocenters. The van der Waals surface area contributed by atoms with Gasteiger partial charge in [-0.3, -0.25) is 4.79 Å². The fourth-order valence-electron chi connectivity index (χ4n) is 3.35. The van der Waals surface area contributed by atoms with E-state index >= 15 is 0 Å². The molecule has 1 saturated heterocycles. The molecule has 5 rings (SSSR count). The van der Waals surface area contributed by atoms with Gasteiger partial charge in [0.25, 0.3) is 0 Å². The standard InChI is InChI=1S/C19H13F2N3O4/c20-12-2-3-13(21)14(7-12)24-8-11(6-17(24)25)19-22-18(23-28-19)10-1-4-15-16(5-10)27-9-26-15/h1-5,7,11H,6,8-9H2. The van der Waals surface area contributed by atoms with E-state index in [1.807, 2.05) is 0 Å². The minimum absolute atomic E-state index is 0.0682. The molecule has 9 heteroatoms. The lowest BCUT2D eigenvalue weighted by Gasteiger charge is -2.16. The second kappa shape index (κ2) is 6.29. The van der Waals surface area contributed by atoms with Crippen LogP contribution < -0.4 is 14.4 Å². The van der Waals surface area contributed by atoms with Gasteiger partial charge < -0.3 is 18.9 Å². The summed E-state index contributed by atoms with van der Waals surface area (Å²) in [6, 6.07) is 8.27. The summed E-state index contributed by atoms with van der Waals surface area (Å²) in [7, 11) is 0. The molecule has 0 N–H and O–H groups in total. The summed E-state index contributed by atoms with van der Waals surface area (Å²) in [4.78, 5) is 17.9. The SMILES string of the molecule is O=C1CC(c2nc(-c3ccc4c(c3)OCO4)no2)CN1c1cc(F)ccc1F. The summed E-state index contributed by atoms with van der Waals surface area (Å²) in [5.74, 6) is -0.189. The first kappa shape index (κ1) is 16.7. The van der Waals surface area contributed by atoms with Gasteiger partial charge in [-0.2, -0.15) is 4.98 Å². The van der Waals surface area contributed by atoms with E-state index in [1.165, 1.54) is 4.90 Å². The van der Waals surface area contributed by atoms with Crippen LogP contribution in [0.4, 0.5) is 14.5 Å². The van der Waals surface area contributed by atoms with Crippen LogP contribution in [-0.2, 0) is 4.79 Å². The largest absolute Gasteiger partial charge is 0.454 e. The molecule has 1 amide bonds. The Morgan fingerprint density at radius 3 is 2.82 bits per heavy atom. The number of ether oxygens (including phenoxy) is 2. The Morgan fingerprint density at radius 1 is 1.07 bits per heavy atom. The second-order valence-electron chi connectivity index (χ2n) is 6.53. The average molecular weight is 385 g/mol. The van der Waals surface area contributed by atoms with Crippen LogP contribution in [0.3, 0.4) is 0 Å². The molecule has 3 heterocycles. The number of nitrogens with zero attached hydrogens (tertiary/aromatic N) is 3. The Morgan fingerprint density at radius 2 is 1.93 bits per heavy atom. The van der Waals surface area contributed by atoms with Crippen molar-refractivity contribution < 1.29 is 27.6 Å². The van der Waals surface area contributed by atoms with E-state index in [0.717, 1.165) is 18.2 Å². The van der Waals surface area contributed by atoms with Crippen LogP contribution in [-0.4, -0.2) is 29.4 Å². The lowest BCUT2D eigenvalue weighted by atomic mass is 10.1. The molecule has 0 spiro atoms. The number of amides is 1. The number of hydrogen-bond acceptors (Lipinski definition) is 6. The Bertz CT molecular complexity index is 1080. The zero-order chi connectivity index (χ0) is 19.3. The predicted molar refractivity (Wildman–Crippen MR) is 91.9 cm³/mol. The highest BCUT2D eigenvalue weighted by molar-refractivity contribution is 5.96. The number of hydrogen-bond donors (Lipinski definition) is 0. The first-order valence-electron chi connectivity index (χ1n) is 8.57. The number of anilines is 1. The maximum absolute atomic E-state index is 14.0. The normalized spacial score (nSPS) is 18.1. The van der Waals surface area contributed by atoms with Gasteiger partial charge in [0.2, 0.25) is 24.4 Å². The molecule has 2 aliphatic heterocycles. The van der Waals surface area contributed by atoms with Crippen LogP contribution in [0.1, 0.15) is 18.2 Å². The van der Waals surface area contributed by atoms with Crippen LogP contribution in [0.15, 0.2) is 40.9 Å². The molecular weight excluding hydrogens is 372 g/mol. The summed E-state index contributed by atoms with van der Waals surface area (Å²) in [6.45, 7) is 0.287. The van der Waals surface area contributed by atoms with E-state index < -0.39 is 17.6 Å². The van der Waals surface area contributed by atoms with Crippen LogP contribution in [0.2, 0.25) is 0 Å². The summed E-state index contributed by atoms with van der Waals surface area (Å²) in [5, 5.41) is 3.96. The van der Waals surface area contributed by atoms with Crippen molar-refractivity contribution in [2.24, 2.45) is 0 Å². The molecule has 0 aliphatic carbocycles. The van der Waals surface area contributed by atoms with Crippen LogP contribution in [0.25, 0.3) is 11.4 Å². The van der Waals surface area contributed by atoms with Crippen molar-refractivity contribution in [3.05, 3.63) is 53.9 Å². The van der Waals surface area contributed by atoms with Crippen molar-refractivity contribution in [2.45, 2.75) is 12.3 Å². The number of benzene rings is 2. The molecule has 0 saturated carbocycles. The molecule has 1 fully saturated rings. The summed E-state index contributed by atoms with van der Waals surface area (Å²) in [6.07, 6.45) is 0.0682. The lowest BCUT2D eigenvalue weighted by Crippen LogP contribution is -2.25. The molecule has 1 aromatic heterocycles. The third kappa shape index (κ3) is 2.75. The van der Waals surface area contributed by atoms with Crippen molar-refractivity contribution in [3.63, 3.8) is 0 Å². The first-order chi connectivity index (χ1) is 13.6. The van der Waals surface area contributed by atoms with Gasteiger partial charge in [0.05, 0.1) is 11.6 Å². The topological polar surface area (TPSA) is 77.7 Å². The van der Waals surface area contributed by atoms with Crippen molar-refractivity contribution in [2.75, 3.05) is 18.2 Å². The third-order valence-electron chi connectivity index (χ3n) is 4.75. The van der Waals surface area contributed by atoms with Crippen LogP contribution >= 0.6 is 0 Å². The van der Waals surface area contributed by atoms with Gasteiger partial charge in [0, 0.05) is 24.6 Å². The second-order valence-corrected chi connectivity index (χ2v) is 6.53. The van der Waals surface area contributed by atoms with Crippen molar-refractivity contribution in [1.82, 2.24) is 10.1 Å². The van der Waals surface area contributed by atoms with E-state index in [4.69, 9.17) is 14.0 Å². The van der Waals surface area contributed by atoms with Gasteiger partial charge in [-0.15, -0.1) is 0 Å². The minimum atomic E-state index is -0.665. The molecule has 2 aromatic carbocycles. The zero-order valence-corrected chi connectivity index (χ0v) is 14.4. The highest BCUT2D eigenvalue weighted by Gasteiger charge is 2.36. The number of carbonyl (C=O) groups is 1. The Hall–Kier alpha value is -3.49. The molecule has 0 radical (unpaired) electrons. The van der Waals surface area contributed by atoms with Gasteiger partial charge in [-0.25, -0.2) is 8.78 Å². The summed E-state index contributed by atoms with van der Waals surface area (Å²) < 4.78 is 43.4. The number of aromatic nitrogens is 2. The van der Waals surface area contributed by atoms with Crippen molar-refractivity contribution in [3.8, 4) is 22.9 Å². The summed E-state index contributed by atoms with van der Waals surface area (Å²) >= 11 is 0. The van der Waals surface area contributed by atoms with E-state index in [-0.39, 0.29) is 37.2 Å². The van der Waals surface area contributed by atoms with Gasteiger partial charge in [0.15, 0.2) is 11.5 Å². The lowest BCUT2D eigenvalue weighted by molar-refractivity contribution is -0.117. The van der Waals surface area contributed by atoms with Gasteiger partial charge in [-0.1, -0.05) is 5.16 Å². The van der Waals surface area contributed by atoms with Crippen LogP contribution in [0, 0.1) is 11.6 Å². The quantitative estimate of drug-likeness (QED) is 0.689. The van der Waals surface area contributed by atoms with Crippen LogP contribution in [0.5, 0.6) is 11.5 Å². The molecule has 7 nitrogen and oxygen atoms in total. The van der Waals surface area contributed by atoms with Gasteiger partial charge >= 0.3 is 0 Å². The zero-order valence-electron chi connectivity index (χ0n) is 14.4. The highest BCUT2D eigenvalue weighted by Crippen LogP contribution is 2.37. The average Bonchev–Trinajstić information content (AvgIpc) is 3.42. The van der Waals surface area contributed by atoms with E-state index in [1.54, 1.807) is 18.2 Å². The monoisotopic (exact) mass is 385 g/mol. The van der Waals surface area contributed by atoms with Gasteiger partial charge in [-0.05, 0) is 30.3 Å². The van der Waals surface area contributed by atoms with Crippen molar-refractivity contribution >= 4 is 11.6 Å². The third-order valence-corrected chi connectivity index (χ3v) is 4.75. The van der Waals surface area contributed by atoms with E-state index in [0.29, 0.717) is 22.9 Å². The molecule has 3 aromatic rings. The smallest absolute Gasteiger partial charge is 0.232 e. The number of halogens is 2. The number of carbonyl (C=O) groups excluding carboxylic acids is 1. The molecule has 1 unspecified atom stereocenters. The predicted octanol–water partition coefficient (Wildman–Crippen LogP) is 3.26. The Labute approximate surface area is 157 Å². The molecule has 142 valence electrons. The molecular formula is C19H13F2N3O4. The maximum atomic E-state index is 14.0. The van der Waals surface area contributed by atoms with E-state index in [2.05, 4.69) is 10.1 Å². The van der Waals surface area contributed by atoms with E-state index in [9.17, 15) is 13.6 Å². The molecule has 2 aliphatic rings. The Balaban J connectivity index is 1.39.